The van der Waals surface area contributed by atoms with Crippen molar-refractivity contribution in [1.29, 1.82) is 0 Å². The van der Waals surface area contributed by atoms with Crippen LogP contribution in [0.15, 0.2) is 22.7 Å². The van der Waals surface area contributed by atoms with Gasteiger partial charge in [-0.25, -0.2) is 8.78 Å². The van der Waals surface area contributed by atoms with Crippen LogP contribution in [0.2, 0.25) is 0 Å². The summed E-state index contributed by atoms with van der Waals surface area (Å²) < 4.78 is 66.2. The van der Waals surface area contributed by atoms with Crippen molar-refractivity contribution in [3.05, 3.63) is 35.7 Å². The van der Waals surface area contributed by atoms with Crippen molar-refractivity contribution in [2.45, 2.75) is 12.7 Å². The highest BCUT2D eigenvalue weighted by Gasteiger charge is 2.26. The molecule has 1 aromatic heterocycles. The number of hydrogen-bond acceptors (Lipinski definition) is 4. The van der Waals surface area contributed by atoms with Crippen molar-refractivity contribution < 1.29 is 26.5 Å². The molecule has 2 aromatic rings. The number of alkyl halides is 3. The molecule has 20 heavy (non-hydrogen) atoms. The molecule has 0 atom stereocenters. The Morgan fingerprint density at radius 3 is 2.55 bits per heavy atom. The van der Waals surface area contributed by atoms with E-state index in [2.05, 4.69) is 15.5 Å². The molecule has 108 valence electrons. The minimum absolute atomic E-state index is 0.0345. The van der Waals surface area contributed by atoms with Gasteiger partial charge in [0.15, 0.2) is 11.6 Å². The van der Waals surface area contributed by atoms with E-state index in [1.807, 2.05) is 0 Å². The van der Waals surface area contributed by atoms with E-state index in [4.69, 9.17) is 4.52 Å². The van der Waals surface area contributed by atoms with Gasteiger partial charge < -0.3 is 9.84 Å². The van der Waals surface area contributed by atoms with Crippen molar-refractivity contribution in [1.82, 2.24) is 15.5 Å². The lowest BCUT2D eigenvalue weighted by Gasteiger charge is -2.05. The smallest absolute Gasteiger partial charge is 0.338 e. The summed E-state index contributed by atoms with van der Waals surface area (Å²) in [4.78, 5) is 3.77. The van der Waals surface area contributed by atoms with E-state index in [0.29, 0.717) is 0 Å². The summed E-state index contributed by atoms with van der Waals surface area (Å²) in [6.07, 6.45) is -4.34. The van der Waals surface area contributed by atoms with E-state index < -0.39 is 24.4 Å². The minimum Gasteiger partial charge on any atom is -0.338 e. The van der Waals surface area contributed by atoms with Crippen LogP contribution < -0.4 is 5.32 Å². The van der Waals surface area contributed by atoms with Gasteiger partial charge >= 0.3 is 6.18 Å². The third-order valence-electron chi connectivity index (χ3n) is 2.25. The van der Waals surface area contributed by atoms with Gasteiger partial charge in [0.25, 0.3) is 0 Å². The molecule has 0 aliphatic heterocycles. The summed E-state index contributed by atoms with van der Waals surface area (Å²) in [6, 6.07) is 2.99. The Bertz CT molecular complexity index is 596. The first-order valence-electron chi connectivity index (χ1n) is 5.40. The molecule has 4 nitrogen and oxygen atoms in total. The van der Waals surface area contributed by atoms with Crippen LogP contribution >= 0.6 is 0 Å². The SMILES string of the molecule is Fc1ccc(-c2noc(CNCC(F)(F)F)n2)cc1F. The number of benzene rings is 1. The molecule has 0 unspecified atom stereocenters. The van der Waals surface area contributed by atoms with Crippen LogP contribution in [-0.2, 0) is 6.54 Å². The standard InChI is InChI=1S/C11H8F5N3O/c12-7-2-1-6(3-8(7)13)10-18-9(20-19-10)4-17-5-11(14,15)16/h1-3,17H,4-5H2. The van der Waals surface area contributed by atoms with E-state index in [1.54, 1.807) is 0 Å². The summed E-state index contributed by atoms with van der Waals surface area (Å²) in [5.41, 5.74) is 0.162. The van der Waals surface area contributed by atoms with E-state index in [0.717, 1.165) is 12.1 Å². The average molecular weight is 293 g/mol. The van der Waals surface area contributed by atoms with Crippen molar-refractivity contribution in [2.24, 2.45) is 0 Å². The summed E-state index contributed by atoms with van der Waals surface area (Å²) >= 11 is 0. The predicted molar refractivity (Wildman–Crippen MR) is 57.4 cm³/mol. The van der Waals surface area contributed by atoms with Crippen LogP contribution in [0.1, 0.15) is 5.89 Å². The van der Waals surface area contributed by atoms with Gasteiger partial charge in [-0.2, -0.15) is 18.2 Å². The lowest BCUT2D eigenvalue weighted by molar-refractivity contribution is -0.125. The van der Waals surface area contributed by atoms with Crippen LogP contribution in [0.5, 0.6) is 0 Å². The summed E-state index contributed by atoms with van der Waals surface area (Å²) in [5, 5.41) is 5.55. The fourth-order valence-corrected chi connectivity index (χ4v) is 1.39. The molecule has 0 spiro atoms. The largest absolute Gasteiger partial charge is 0.401 e. The second-order valence-electron chi connectivity index (χ2n) is 3.86. The summed E-state index contributed by atoms with van der Waals surface area (Å²) in [5.74, 6) is -2.23. The molecule has 1 aromatic carbocycles. The maximum Gasteiger partial charge on any atom is 0.401 e. The Labute approximate surface area is 109 Å². The quantitative estimate of drug-likeness (QED) is 0.881. The monoisotopic (exact) mass is 293 g/mol. The average Bonchev–Trinajstić information content (AvgIpc) is 2.80. The fraction of sp³-hybridized carbons (Fsp3) is 0.273. The summed E-state index contributed by atoms with van der Waals surface area (Å²) in [7, 11) is 0. The summed E-state index contributed by atoms with van der Waals surface area (Å²) in [6.45, 7) is -1.48. The zero-order valence-corrected chi connectivity index (χ0v) is 9.84. The van der Waals surface area contributed by atoms with Crippen LogP contribution in [0.3, 0.4) is 0 Å². The zero-order chi connectivity index (χ0) is 14.8. The molecule has 0 saturated heterocycles. The zero-order valence-electron chi connectivity index (χ0n) is 9.84. The number of nitrogens with one attached hydrogen (secondary N) is 1. The van der Waals surface area contributed by atoms with Gasteiger partial charge in [0.2, 0.25) is 11.7 Å². The van der Waals surface area contributed by atoms with Crippen molar-refractivity contribution in [3.63, 3.8) is 0 Å². The van der Waals surface area contributed by atoms with Crippen LogP contribution in [0.4, 0.5) is 22.0 Å². The Hall–Kier alpha value is -2.03. The van der Waals surface area contributed by atoms with Crippen molar-refractivity contribution in [3.8, 4) is 11.4 Å². The Morgan fingerprint density at radius 2 is 1.90 bits per heavy atom. The van der Waals surface area contributed by atoms with Crippen molar-refractivity contribution in [2.75, 3.05) is 6.54 Å². The molecule has 2 rings (SSSR count). The van der Waals surface area contributed by atoms with Gasteiger partial charge in [-0.15, -0.1) is 0 Å². The molecule has 9 heteroatoms. The number of nitrogens with zero attached hydrogens (tertiary/aromatic N) is 2. The van der Waals surface area contributed by atoms with E-state index >= 15 is 0 Å². The molecule has 0 saturated carbocycles. The van der Waals surface area contributed by atoms with Gasteiger partial charge in [0.1, 0.15) is 0 Å². The second-order valence-corrected chi connectivity index (χ2v) is 3.86. The molecular formula is C11H8F5N3O. The minimum atomic E-state index is -4.34. The normalized spacial score (nSPS) is 11.8. The number of aromatic nitrogens is 2. The first-order valence-corrected chi connectivity index (χ1v) is 5.40. The lowest BCUT2D eigenvalue weighted by Crippen LogP contribution is -2.28. The highest BCUT2D eigenvalue weighted by molar-refractivity contribution is 5.54. The molecule has 0 radical (unpaired) electrons. The number of halogens is 5. The van der Waals surface area contributed by atoms with E-state index in [-0.39, 0.29) is 23.8 Å². The molecule has 0 fully saturated rings. The Kier molecular flexibility index (Phi) is 3.98. The predicted octanol–water partition coefficient (Wildman–Crippen LogP) is 2.67. The van der Waals surface area contributed by atoms with E-state index in [9.17, 15) is 22.0 Å². The lowest BCUT2D eigenvalue weighted by atomic mass is 10.2. The van der Waals surface area contributed by atoms with Gasteiger partial charge in [-0.05, 0) is 18.2 Å². The maximum atomic E-state index is 13.0. The third kappa shape index (κ3) is 3.73. The first kappa shape index (κ1) is 14.4. The molecular weight excluding hydrogens is 285 g/mol. The topological polar surface area (TPSA) is 51.0 Å². The van der Waals surface area contributed by atoms with Gasteiger partial charge in [-0.3, -0.25) is 0 Å². The van der Waals surface area contributed by atoms with Crippen LogP contribution in [-0.4, -0.2) is 22.9 Å². The maximum absolute atomic E-state index is 13.0. The molecule has 0 aliphatic carbocycles. The Morgan fingerprint density at radius 1 is 1.15 bits per heavy atom. The van der Waals surface area contributed by atoms with Crippen LogP contribution in [0, 0.1) is 11.6 Å². The third-order valence-corrected chi connectivity index (χ3v) is 2.25. The highest BCUT2D eigenvalue weighted by atomic mass is 19.4. The molecule has 1 heterocycles. The van der Waals surface area contributed by atoms with Gasteiger partial charge in [-0.1, -0.05) is 5.16 Å². The second kappa shape index (κ2) is 5.53. The van der Waals surface area contributed by atoms with Gasteiger partial charge in [0.05, 0.1) is 13.1 Å². The van der Waals surface area contributed by atoms with Gasteiger partial charge in [0, 0.05) is 5.56 Å². The molecule has 0 amide bonds. The van der Waals surface area contributed by atoms with Crippen LogP contribution in [0.25, 0.3) is 11.4 Å². The number of hydrogen-bond donors (Lipinski definition) is 1. The van der Waals surface area contributed by atoms with E-state index in [1.165, 1.54) is 6.07 Å². The first-order chi connectivity index (χ1) is 9.35. The number of rotatable bonds is 4. The molecule has 0 bridgehead atoms. The molecule has 1 N–H and O–H groups in total. The highest BCUT2D eigenvalue weighted by Crippen LogP contribution is 2.19. The molecule has 0 aliphatic rings. The van der Waals surface area contributed by atoms with Crippen molar-refractivity contribution >= 4 is 0 Å². The Balaban J connectivity index is 2.03. The fourth-order valence-electron chi connectivity index (χ4n) is 1.39.